The number of pyridine rings is 1. The number of nitrogens with one attached hydrogen (secondary N) is 1. The predicted molar refractivity (Wildman–Crippen MR) is 83.9 cm³/mol. The quantitative estimate of drug-likeness (QED) is 0.789. The summed E-state index contributed by atoms with van der Waals surface area (Å²) in [6.07, 6.45) is 0. The van der Waals surface area contributed by atoms with Gasteiger partial charge in [-0.1, -0.05) is 23.2 Å². The van der Waals surface area contributed by atoms with Crippen LogP contribution in [0.15, 0.2) is 39.8 Å². The molecular formula is C12H9BrCl2N2O2S. The molecular weight excluding hydrogens is 387 g/mol. The van der Waals surface area contributed by atoms with Gasteiger partial charge in [-0.05, 0) is 53.2 Å². The van der Waals surface area contributed by atoms with Crippen LogP contribution in [0.5, 0.6) is 0 Å². The van der Waals surface area contributed by atoms with E-state index in [-0.39, 0.29) is 9.92 Å². The fraction of sp³-hybridized carbons (Fsp3) is 0.0833. The van der Waals surface area contributed by atoms with Crippen molar-refractivity contribution in [2.24, 2.45) is 0 Å². The normalized spacial score (nSPS) is 11.4. The molecule has 0 unspecified atom stereocenters. The van der Waals surface area contributed by atoms with Crippen molar-refractivity contribution in [1.82, 2.24) is 4.98 Å². The van der Waals surface area contributed by atoms with E-state index in [2.05, 4.69) is 25.6 Å². The Morgan fingerprint density at radius 3 is 2.45 bits per heavy atom. The van der Waals surface area contributed by atoms with E-state index in [4.69, 9.17) is 23.2 Å². The molecule has 1 heterocycles. The molecule has 4 nitrogen and oxygen atoms in total. The summed E-state index contributed by atoms with van der Waals surface area (Å²) in [5, 5.41) is 0.479. The van der Waals surface area contributed by atoms with E-state index in [0.29, 0.717) is 21.0 Å². The van der Waals surface area contributed by atoms with Gasteiger partial charge < -0.3 is 0 Å². The first-order valence-corrected chi connectivity index (χ1v) is 8.44. The van der Waals surface area contributed by atoms with Gasteiger partial charge in [0.1, 0.15) is 4.60 Å². The van der Waals surface area contributed by atoms with Crippen molar-refractivity contribution < 1.29 is 8.42 Å². The number of aromatic nitrogens is 1. The van der Waals surface area contributed by atoms with Crippen molar-refractivity contribution >= 4 is 54.8 Å². The number of rotatable bonds is 3. The second-order valence-corrected chi connectivity index (χ2v) is 7.26. The zero-order valence-electron chi connectivity index (χ0n) is 10.2. The van der Waals surface area contributed by atoms with Crippen molar-refractivity contribution in [3.8, 4) is 0 Å². The third kappa shape index (κ3) is 3.44. The van der Waals surface area contributed by atoms with Crippen LogP contribution in [0.2, 0.25) is 10.0 Å². The topological polar surface area (TPSA) is 59.1 Å². The smallest absolute Gasteiger partial charge is 0.262 e. The van der Waals surface area contributed by atoms with Crippen LogP contribution in [0.4, 0.5) is 5.69 Å². The molecule has 0 saturated carbocycles. The largest absolute Gasteiger partial charge is 0.278 e. The monoisotopic (exact) mass is 394 g/mol. The van der Waals surface area contributed by atoms with Gasteiger partial charge >= 0.3 is 0 Å². The first-order chi connectivity index (χ1) is 9.29. The van der Waals surface area contributed by atoms with Gasteiger partial charge in [-0.2, -0.15) is 0 Å². The molecule has 0 aliphatic carbocycles. The lowest BCUT2D eigenvalue weighted by Gasteiger charge is -2.10. The highest BCUT2D eigenvalue weighted by atomic mass is 79.9. The Labute approximate surface area is 135 Å². The van der Waals surface area contributed by atoms with Gasteiger partial charge in [-0.25, -0.2) is 13.4 Å². The van der Waals surface area contributed by atoms with Crippen LogP contribution in [-0.2, 0) is 10.0 Å². The Bertz CT molecular complexity index is 766. The maximum Gasteiger partial charge on any atom is 0.262 e. The van der Waals surface area contributed by atoms with Crippen LogP contribution in [0.1, 0.15) is 5.69 Å². The van der Waals surface area contributed by atoms with Crippen LogP contribution >= 0.6 is 39.1 Å². The second kappa shape index (κ2) is 5.89. The van der Waals surface area contributed by atoms with E-state index in [1.54, 1.807) is 19.1 Å². The maximum atomic E-state index is 12.2. The minimum absolute atomic E-state index is 0.0363. The Kier molecular flexibility index (Phi) is 4.59. The molecule has 0 fully saturated rings. The Hall–Kier alpha value is -0.820. The van der Waals surface area contributed by atoms with Crippen LogP contribution < -0.4 is 4.72 Å². The number of hydrogen-bond donors (Lipinski definition) is 1. The van der Waals surface area contributed by atoms with Gasteiger partial charge in [0, 0.05) is 0 Å². The minimum Gasteiger partial charge on any atom is -0.278 e. The van der Waals surface area contributed by atoms with Gasteiger partial charge in [0.2, 0.25) is 0 Å². The molecule has 20 heavy (non-hydrogen) atoms. The first-order valence-electron chi connectivity index (χ1n) is 5.40. The molecule has 1 aromatic heterocycles. The van der Waals surface area contributed by atoms with E-state index in [9.17, 15) is 8.42 Å². The molecule has 8 heteroatoms. The summed E-state index contributed by atoms with van der Waals surface area (Å²) in [5.74, 6) is 0. The molecule has 2 rings (SSSR count). The fourth-order valence-corrected chi connectivity index (χ4v) is 3.39. The van der Waals surface area contributed by atoms with Gasteiger partial charge in [0.05, 0.1) is 26.3 Å². The third-order valence-corrected chi connectivity index (χ3v) is 5.04. The zero-order valence-corrected chi connectivity index (χ0v) is 14.1. The summed E-state index contributed by atoms with van der Waals surface area (Å²) in [5.41, 5.74) is 0.960. The number of nitrogens with zero attached hydrogens (tertiary/aromatic N) is 1. The summed E-state index contributed by atoms with van der Waals surface area (Å²) in [4.78, 5) is 4.16. The van der Waals surface area contributed by atoms with Crippen molar-refractivity contribution in [2.45, 2.75) is 11.8 Å². The molecule has 0 aliphatic rings. The lowest BCUT2D eigenvalue weighted by molar-refractivity contribution is 0.601. The molecule has 0 aliphatic heterocycles. The average Bonchev–Trinajstić information content (AvgIpc) is 2.36. The summed E-state index contributed by atoms with van der Waals surface area (Å²) >= 11 is 14.8. The van der Waals surface area contributed by atoms with Gasteiger partial charge in [-0.3, -0.25) is 4.72 Å². The maximum absolute atomic E-state index is 12.2. The standard InChI is InChI=1S/C12H9BrCl2N2O2S/c1-7-11(4-5-12(13)16-7)17-20(18,19)8-2-3-9(14)10(15)6-8/h2-6,17H,1H3. The highest BCUT2D eigenvalue weighted by Crippen LogP contribution is 2.26. The summed E-state index contributed by atoms with van der Waals surface area (Å²) < 4.78 is 27.6. The third-order valence-electron chi connectivity index (χ3n) is 2.50. The lowest BCUT2D eigenvalue weighted by Crippen LogP contribution is -2.14. The van der Waals surface area contributed by atoms with E-state index in [1.807, 2.05) is 0 Å². The van der Waals surface area contributed by atoms with Gasteiger partial charge in [-0.15, -0.1) is 0 Å². The Balaban J connectivity index is 2.38. The first kappa shape index (κ1) is 15.6. The van der Waals surface area contributed by atoms with Gasteiger partial charge in [0.25, 0.3) is 10.0 Å². The highest BCUT2D eigenvalue weighted by Gasteiger charge is 2.17. The van der Waals surface area contributed by atoms with E-state index in [0.717, 1.165) is 0 Å². The Morgan fingerprint density at radius 2 is 1.85 bits per heavy atom. The van der Waals surface area contributed by atoms with Crippen LogP contribution in [0.25, 0.3) is 0 Å². The van der Waals surface area contributed by atoms with Gasteiger partial charge in [0.15, 0.2) is 0 Å². The number of aryl methyl sites for hydroxylation is 1. The van der Waals surface area contributed by atoms with Crippen molar-refractivity contribution in [3.63, 3.8) is 0 Å². The van der Waals surface area contributed by atoms with E-state index in [1.165, 1.54) is 18.2 Å². The average molecular weight is 396 g/mol. The van der Waals surface area contributed by atoms with E-state index >= 15 is 0 Å². The lowest BCUT2D eigenvalue weighted by atomic mass is 10.3. The molecule has 0 atom stereocenters. The molecule has 2 aromatic rings. The van der Waals surface area contributed by atoms with Crippen molar-refractivity contribution in [3.05, 3.63) is 50.7 Å². The van der Waals surface area contributed by atoms with E-state index < -0.39 is 10.0 Å². The number of sulfonamides is 1. The summed E-state index contributed by atoms with van der Waals surface area (Å²) in [6, 6.07) is 7.40. The number of anilines is 1. The van der Waals surface area contributed by atoms with Crippen LogP contribution in [0, 0.1) is 6.92 Å². The molecule has 0 bridgehead atoms. The molecule has 0 spiro atoms. The molecule has 1 N–H and O–H groups in total. The second-order valence-electron chi connectivity index (χ2n) is 3.95. The Morgan fingerprint density at radius 1 is 1.15 bits per heavy atom. The van der Waals surface area contributed by atoms with Crippen LogP contribution in [-0.4, -0.2) is 13.4 Å². The van der Waals surface area contributed by atoms with Crippen LogP contribution in [0.3, 0.4) is 0 Å². The molecule has 106 valence electrons. The summed E-state index contributed by atoms with van der Waals surface area (Å²) in [7, 11) is -3.74. The number of halogens is 3. The number of hydrogen-bond acceptors (Lipinski definition) is 3. The van der Waals surface area contributed by atoms with Crippen molar-refractivity contribution in [2.75, 3.05) is 4.72 Å². The number of benzene rings is 1. The summed E-state index contributed by atoms with van der Waals surface area (Å²) in [6.45, 7) is 1.71. The molecule has 1 aromatic carbocycles. The fourth-order valence-electron chi connectivity index (χ4n) is 1.49. The zero-order chi connectivity index (χ0) is 14.9. The highest BCUT2D eigenvalue weighted by molar-refractivity contribution is 9.10. The molecule has 0 radical (unpaired) electrons. The SMILES string of the molecule is Cc1nc(Br)ccc1NS(=O)(=O)c1ccc(Cl)c(Cl)c1. The minimum atomic E-state index is -3.74. The van der Waals surface area contributed by atoms with Crippen molar-refractivity contribution in [1.29, 1.82) is 0 Å². The predicted octanol–water partition coefficient (Wildman–Crippen LogP) is 4.26. The molecule has 0 amide bonds. The molecule has 0 saturated heterocycles.